The molecule has 0 bridgehead atoms. The average molecular weight is 517 g/mol. The van der Waals surface area contributed by atoms with Crippen molar-refractivity contribution in [2.45, 2.75) is 32.1 Å². The summed E-state index contributed by atoms with van der Waals surface area (Å²) in [6, 6.07) is 4.60. The molecule has 2 atom stereocenters. The lowest BCUT2D eigenvalue weighted by Gasteiger charge is -2.36. The fourth-order valence-electron chi connectivity index (χ4n) is 5.38. The topological polar surface area (TPSA) is 95.9 Å². The standard InChI is InChI=1S/C26H30ClFN4O4/c27-20-12-29-26(30-13-20)31-6-3-16(4-7-31)22-9-17(22)5-8-36-21-2-1-18(23(28)11-21)10-24(33)32-14-19(15-32)25(34)35/h1-2,11-13,16-17,19,22H,3-10,14-15H2,(H,34,35)/t17-,22?/m1/s1. The van der Waals surface area contributed by atoms with Crippen molar-refractivity contribution in [3.8, 4) is 5.75 Å². The Bertz CT molecular complexity index is 1100. The van der Waals surface area contributed by atoms with E-state index in [2.05, 4.69) is 14.9 Å². The van der Waals surface area contributed by atoms with Crippen LogP contribution in [0, 0.1) is 29.5 Å². The maximum absolute atomic E-state index is 14.5. The minimum Gasteiger partial charge on any atom is -0.493 e. The number of halogens is 2. The highest BCUT2D eigenvalue weighted by atomic mass is 35.5. The number of carbonyl (C=O) groups is 2. The molecule has 10 heteroatoms. The van der Waals surface area contributed by atoms with Crippen LogP contribution in [-0.4, -0.2) is 64.6 Å². The van der Waals surface area contributed by atoms with Gasteiger partial charge in [-0.3, -0.25) is 9.59 Å². The van der Waals surface area contributed by atoms with Gasteiger partial charge in [0.05, 0.1) is 36.4 Å². The van der Waals surface area contributed by atoms with E-state index in [0.717, 1.165) is 44.2 Å². The molecule has 5 rings (SSSR count). The molecular weight excluding hydrogens is 487 g/mol. The van der Waals surface area contributed by atoms with Gasteiger partial charge in [0.25, 0.3) is 0 Å². The Kier molecular flexibility index (Phi) is 7.27. The fourth-order valence-corrected chi connectivity index (χ4v) is 5.48. The SMILES string of the molecule is O=C(O)C1CN(C(=O)Cc2ccc(OCC[C@@H]3CC3C3CCN(c4ncc(Cl)cn4)CC3)cc2F)C1. The molecule has 1 unspecified atom stereocenters. The molecule has 1 amide bonds. The second kappa shape index (κ2) is 10.6. The maximum atomic E-state index is 14.5. The summed E-state index contributed by atoms with van der Waals surface area (Å²) in [5.41, 5.74) is 0.295. The summed E-state index contributed by atoms with van der Waals surface area (Å²) < 4.78 is 20.3. The third-order valence-corrected chi connectivity index (χ3v) is 7.91. The molecule has 1 N–H and O–H groups in total. The summed E-state index contributed by atoms with van der Waals surface area (Å²) in [4.78, 5) is 35.4. The van der Waals surface area contributed by atoms with Crippen LogP contribution >= 0.6 is 11.6 Å². The lowest BCUT2D eigenvalue weighted by molar-refractivity contribution is -0.152. The first-order valence-corrected chi connectivity index (χ1v) is 12.9. The quantitative estimate of drug-likeness (QED) is 0.543. The molecule has 8 nitrogen and oxygen atoms in total. The monoisotopic (exact) mass is 516 g/mol. The van der Waals surface area contributed by atoms with Crippen molar-refractivity contribution < 1.29 is 23.8 Å². The van der Waals surface area contributed by atoms with Gasteiger partial charge < -0.3 is 19.6 Å². The number of nitrogens with zero attached hydrogens (tertiary/aromatic N) is 4. The molecule has 2 aliphatic heterocycles. The first kappa shape index (κ1) is 24.7. The molecule has 2 saturated heterocycles. The van der Waals surface area contributed by atoms with Crippen molar-refractivity contribution in [2.75, 3.05) is 37.7 Å². The van der Waals surface area contributed by atoms with Crippen molar-refractivity contribution in [1.82, 2.24) is 14.9 Å². The van der Waals surface area contributed by atoms with Crippen LogP contribution in [0.3, 0.4) is 0 Å². The first-order chi connectivity index (χ1) is 17.4. The molecule has 3 heterocycles. The van der Waals surface area contributed by atoms with Gasteiger partial charge in [0, 0.05) is 32.2 Å². The number of aliphatic carboxylic acids is 1. The molecule has 3 fully saturated rings. The van der Waals surface area contributed by atoms with Crippen molar-refractivity contribution >= 4 is 29.4 Å². The molecular formula is C26H30ClFN4O4. The van der Waals surface area contributed by atoms with E-state index in [0.29, 0.717) is 34.8 Å². The van der Waals surface area contributed by atoms with Crippen LogP contribution in [0.2, 0.25) is 5.02 Å². The van der Waals surface area contributed by atoms with Gasteiger partial charge in [0.1, 0.15) is 11.6 Å². The van der Waals surface area contributed by atoms with Gasteiger partial charge in [-0.2, -0.15) is 0 Å². The number of carbonyl (C=O) groups excluding carboxylic acids is 1. The number of ether oxygens (including phenoxy) is 1. The van der Waals surface area contributed by atoms with Gasteiger partial charge in [-0.25, -0.2) is 14.4 Å². The Hall–Kier alpha value is -2.94. The number of anilines is 1. The number of piperidine rings is 1. The van der Waals surface area contributed by atoms with Crippen molar-refractivity contribution in [3.63, 3.8) is 0 Å². The number of hydrogen-bond donors (Lipinski definition) is 1. The summed E-state index contributed by atoms with van der Waals surface area (Å²) in [5, 5.41) is 9.47. The molecule has 3 aliphatic rings. The summed E-state index contributed by atoms with van der Waals surface area (Å²) in [6.07, 6.45) is 7.63. The number of aromatic nitrogens is 2. The molecule has 36 heavy (non-hydrogen) atoms. The summed E-state index contributed by atoms with van der Waals surface area (Å²) >= 11 is 5.88. The Morgan fingerprint density at radius 3 is 2.56 bits per heavy atom. The van der Waals surface area contributed by atoms with Crippen LogP contribution in [0.15, 0.2) is 30.6 Å². The largest absolute Gasteiger partial charge is 0.493 e. The van der Waals surface area contributed by atoms with Crippen LogP contribution in [-0.2, 0) is 16.0 Å². The molecule has 0 radical (unpaired) electrons. The molecule has 1 aromatic heterocycles. The van der Waals surface area contributed by atoms with Gasteiger partial charge in [-0.15, -0.1) is 0 Å². The maximum Gasteiger partial charge on any atom is 0.310 e. The van der Waals surface area contributed by atoms with E-state index in [4.69, 9.17) is 21.4 Å². The third kappa shape index (κ3) is 5.72. The fraction of sp³-hybridized carbons (Fsp3) is 0.538. The molecule has 0 spiro atoms. The highest BCUT2D eigenvalue weighted by molar-refractivity contribution is 6.30. The number of carboxylic acids is 1. The average Bonchev–Trinajstić information content (AvgIpc) is 3.60. The zero-order valence-corrected chi connectivity index (χ0v) is 20.7. The van der Waals surface area contributed by atoms with E-state index in [1.807, 2.05) is 0 Å². The molecule has 192 valence electrons. The minimum atomic E-state index is -0.904. The van der Waals surface area contributed by atoms with Gasteiger partial charge in [-0.1, -0.05) is 17.7 Å². The van der Waals surface area contributed by atoms with E-state index >= 15 is 0 Å². The van der Waals surface area contributed by atoms with Crippen molar-refractivity contribution in [3.05, 3.63) is 47.0 Å². The van der Waals surface area contributed by atoms with Crippen molar-refractivity contribution in [2.24, 2.45) is 23.7 Å². The van der Waals surface area contributed by atoms with E-state index in [9.17, 15) is 14.0 Å². The van der Waals surface area contributed by atoms with Crippen molar-refractivity contribution in [1.29, 1.82) is 0 Å². The number of rotatable bonds is 9. The molecule has 1 aliphatic carbocycles. The molecule has 2 aromatic rings. The zero-order valence-electron chi connectivity index (χ0n) is 20.0. The van der Waals surface area contributed by atoms with E-state index in [1.54, 1.807) is 24.5 Å². The predicted octanol–water partition coefficient (Wildman–Crippen LogP) is 3.68. The van der Waals surface area contributed by atoms with Crippen LogP contribution in [0.25, 0.3) is 0 Å². The highest BCUT2D eigenvalue weighted by Crippen LogP contribution is 2.49. The van der Waals surface area contributed by atoms with Crippen LogP contribution in [0.1, 0.15) is 31.2 Å². The first-order valence-electron chi connectivity index (χ1n) is 12.5. The number of hydrogen-bond acceptors (Lipinski definition) is 6. The van der Waals surface area contributed by atoms with Crippen LogP contribution in [0.5, 0.6) is 5.75 Å². The Balaban J connectivity index is 1.01. The van der Waals surface area contributed by atoms with E-state index in [1.165, 1.54) is 17.4 Å². The van der Waals surface area contributed by atoms with Crippen LogP contribution in [0.4, 0.5) is 10.3 Å². The van der Waals surface area contributed by atoms with E-state index in [-0.39, 0.29) is 25.4 Å². The van der Waals surface area contributed by atoms with Crippen LogP contribution < -0.4 is 9.64 Å². The molecule has 1 saturated carbocycles. The number of likely N-dealkylation sites (tertiary alicyclic amines) is 1. The minimum absolute atomic E-state index is 0.0782. The lowest BCUT2D eigenvalue weighted by Crippen LogP contribution is -2.53. The number of carboxylic acid groups (broad SMARTS) is 1. The Labute approximate surface area is 214 Å². The summed E-state index contributed by atoms with van der Waals surface area (Å²) in [7, 11) is 0. The van der Waals surface area contributed by atoms with E-state index < -0.39 is 17.7 Å². The highest BCUT2D eigenvalue weighted by Gasteiger charge is 2.43. The molecule has 1 aromatic carbocycles. The third-order valence-electron chi connectivity index (χ3n) is 7.72. The van der Waals surface area contributed by atoms with Gasteiger partial charge in [0.15, 0.2) is 0 Å². The normalized spacial score (nSPS) is 22.3. The van der Waals surface area contributed by atoms with Gasteiger partial charge >= 0.3 is 5.97 Å². The lowest BCUT2D eigenvalue weighted by atomic mass is 9.90. The predicted molar refractivity (Wildman–Crippen MR) is 131 cm³/mol. The van der Waals surface area contributed by atoms with Gasteiger partial charge in [-0.05, 0) is 55.1 Å². The summed E-state index contributed by atoms with van der Waals surface area (Å²) in [6.45, 7) is 2.83. The Morgan fingerprint density at radius 2 is 1.89 bits per heavy atom. The zero-order chi connectivity index (χ0) is 25.2. The smallest absolute Gasteiger partial charge is 0.310 e. The Morgan fingerprint density at radius 1 is 1.17 bits per heavy atom. The summed E-state index contributed by atoms with van der Waals surface area (Å²) in [5.74, 6) is 1.15. The second-order valence-electron chi connectivity index (χ2n) is 10.1. The second-order valence-corrected chi connectivity index (χ2v) is 10.5. The number of benzene rings is 1. The van der Waals surface area contributed by atoms with Gasteiger partial charge in [0.2, 0.25) is 11.9 Å². The number of amides is 1.